The summed E-state index contributed by atoms with van der Waals surface area (Å²) in [5.74, 6) is -1.70. The number of hydrogen-bond acceptors (Lipinski definition) is 2. The molecule has 2 aromatic rings. The maximum absolute atomic E-state index is 12.9. The van der Waals surface area contributed by atoms with Crippen LogP contribution in [-0.4, -0.2) is 24.5 Å². The van der Waals surface area contributed by atoms with Crippen molar-refractivity contribution in [3.63, 3.8) is 0 Å². The van der Waals surface area contributed by atoms with Crippen LogP contribution in [0.3, 0.4) is 0 Å². The van der Waals surface area contributed by atoms with Crippen LogP contribution < -0.4 is 10.6 Å². The van der Waals surface area contributed by atoms with Crippen molar-refractivity contribution in [1.82, 2.24) is 5.32 Å². The Morgan fingerprint density at radius 3 is 2.32 bits per heavy atom. The molecule has 0 spiro atoms. The summed E-state index contributed by atoms with van der Waals surface area (Å²) in [7, 11) is 0. The second-order valence-corrected chi connectivity index (χ2v) is 6.79. The lowest BCUT2D eigenvalue weighted by Gasteiger charge is -2.11. The fourth-order valence-corrected chi connectivity index (χ4v) is 2.62. The molecule has 0 aliphatic rings. The summed E-state index contributed by atoms with van der Waals surface area (Å²) in [5.41, 5.74) is -0.419. The molecular weight excluding hydrogens is 450 g/mol. The molecule has 0 heterocycles. The van der Waals surface area contributed by atoms with Crippen molar-refractivity contribution < 1.29 is 35.9 Å². The molecule has 0 aromatic heterocycles. The molecule has 2 rings (SSSR count). The van der Waals surface area contributed by atoms with E-state index in [0.717, 1.165) is 24.3 Å². The summed E-state index contributed by atoms with van der Waals surface area (Å²) >= 11 is 5.54. The number of carbonyl (C=O) groups is 2. The molecule has 0 atom stereocenters. The van der Waals surface area contributed by atoms with Gasteiger partial charge in [0.2, 0.25) is 5.91 Å². The van der Waals surface area contributed by atoms with E-state index in [0.29, 0.717) is 5.56 Å². The van der Waals surface area contributed by atoms with E-state index in [2.05, 4.69) is 5.32 Å². The molecule has 0 bridgehead atoms. The molecule has 0 fully saturated rings. The Labute approximate surface area is 177 Å². The molecule has 0 aliphatic heterocycles. The zero-order chi connectivity index (χ0) is 23.4. The fourth-order valence-electron chi connectivity index (χ4n) is 2.39. The van der Waals surface area contributed by atoms with Gasteiger partial charge in [0.15, 0.2) is 0 Å². The average molecular weight is 465 g/mol. The molecule has 0 saturated heterocycles. The lowest BCUT2D eigenvalue weighted by molar-refractivity contribution is -0.137. The van der Waals surface area contributed by atoms with E-state index < -0.39 is 41.3 Å². The highest BCUT2D eigenvalue weighted by molar-refractivity contribution is 6.31. The van der Waals surface area contributed by atoms with Gasteiger partial charge in [-0.1, -0.05) is 23.7 Å². The van der Waals surface area contributed by atoms with Gasteiger partial charge in [-0.3, -0.25) is 9.59 Å². The molecule has 2 N–H and O–H groups in total. The van der Waals surface area contributed by atoms with Crippen molar-refractivity contribution in [2.75, 3.05) is 11.9 Å². The predicted octanol–water partition coefficient (Wildman–Crippen LogP) is 5.61. The van der Waals surface area contributed by atoms with Gasteiger partial charge in [0, 0.05) is 17.3 Å². The average Bonchev–Trinajstić information content (AvgIpc) is 2.65. The summed E-state index contributed by atoms with van der Waals surface area (Å²) in [6.45, 7) is 0.0800. The van der Waals surface area contributed by atoms with Gasteiger partial charge in [0.25, 0.3) is 5.91 Å². The first-order valence-electron chi connectivity index (χ1n) is 8.57. The highest BCUT2D eigenvalue weighted by Gasteiger charge is 2.33. The molecule has 2 amide bonds. The highest BCUT2D eigenvalue weighted by atomic mass is 35.5. The van der Waals surface area contributed by atoms with Crippen molar-refractivity contribution >= 4 is 35.2 Å². The number of benzene rings is 2. The van der Waals surface area contributed by atoms with E-state index in [1.165, 1.54) is 24.3 Å². The number of halogens is 7. The van der Waals surface area contributed by atoms with E-state index in [4.69, 9.17) is 11.6 Å². The predicted molar refractivity (Wildman–Crippen MR) is 104 cm³/mol. The molecule has 0 saturated carbocycles. The van der Waals surface area contributed by atoms with Gasteiger partial charge in [0.1, 0.15) is 6.54 Å². The Balaban J connectivity index is 2.13. The smallest absolute Gasteiger partial charge is 0.343 e. The summed E-state index contributed by atoms with van der Waals surface area (Å²) in [6.07, 6.45) is -7.13. The Morgan fingerprint density at radius 2 is 1.71 bits per heavy atom. The van der Waals surface area contributed by atoms with Crippen LogP contribution in [0.1, 0.15) is 27.0 Å². The van der Waals surface area contributed by atoms with E-state index in [9.17, 15) is 35.9 Å². The van der Waals surface area contributed by atoms with E-state index in [1.54, 1.807) is 12.2 Å². The Hall–Kier alpha value is -3.01. The summed E-state index contributed by atoms with van der Waals surface area (Å²) in [6, 6.07) is 7.03. The van der Waals surface area contributed by atoms with Crippen LogP contribution in [0.15, 0.2) is 42.5 Å². The van der Waals surface area contributed by atoms with Crippen molar-refractivity contribution in [3.05, 3.63) is 69.8 Å². The number of alkyl halides is 6. The Morgan fingerprint density at radius 1 is 1.03 bits per heavy atom. The van der Waals surface area contributed by atoms with Gasteiger partial charge in [-0.25, -0.2) is 0 Å². The second-order valence-electron chi connectivity index (χ2n) is 6.39. The first-order chi connectivity index (χ1) is 14.3. The number of anilines is 1. The summed E-state index contributed by atoms with van der Waals surface area (Å²) in [5, 5.41) is 3.66. The number of amides is 2. The van der Waals surface area contributed by atoms with Crippen LogP contribution in [0.2, 0.25) is 5.02 Å². The minimum atomic E-state index is -4.66. The largest absolute Gasteiger partial charge is 0.417 e. The topological polar surface area (TPSA) is 58.2 Å². The summed E-state index contributed by atoms with van der Waals surface area (Å²) < 4.78 is 75.4. The maximum atomic E-state index is 12.9. The van der Waals surface area contributed by atoms with Gasteiger partial charge in [0.05, 0.1) is 10.6 Å². The van der Waals surface area contributed by atoms with Crippen LogP contribution in [-0.2, 0) is 11.0 Å². The lowest BCUT2D eigenvalue weighted by atomic mass is 10.1. The molecule has 0 unspecified atom stereocenters. The van der Waals surface area contributed by atoms with Crippen LogP contribution in [0.25, 0.3) is 6.08 Å². The van der Waals surface area contributed by atoms with Crippen molar-refractivity contribution in [2.24, 2.45) is 0 Å². The third kappa shape index (κ3) is 7.32. The van der Waals surface area contributed by atoms with Crippen molar-refractivity contribution in [1.29, 1.82) is 0 Å². The van der Waals surface area contributed by atoms with E-state index >= 15 is 0 Å². The Kier molecular flexibility index (Phi) is 7.37. The molecule has 2 aromatic carbocycles. The third-order valence-electron chi connectivity index (χ3n) is 3.93. The van der Waals surface area contributed by atoms with Crippen LogP contribution in [0.4, 0.5) is 32.0 Å². The van der Waals surface area contributed by atoms with Crippen LogP contribution in [0.5, 0.6) is 0 Å². The fraction of sp³-hybridized carbons (Fsp3) is 0.200. The number of carbonyl (C=O) groups excluding carboxylic acids is 2. The zero-order valence-electron chi connectivity index (χ0n) is 15.8. The van der Waals surface area contributed by atoms with Gasteiger partial charge in [-0.15, -0.1) is 0 Å². The second kappa shape index (κ2) is 9.42. The third-order valence-corrected chi connectivity index (χ3v) is 4.26. The molecule has 0 radical (unpaired) electrons. The SMILES string of the molecule is Cc1ccc(C(=O)NCC(F)(F)F)cc1NC(=O)/C=C\c1ccc(Cl)c(C(F)(F)F)c1. The quantitative estimate of drug-likeness (QED) is 0.446. The first kappa shape index (κ1) is 24.3. The molecule has 4 nitrogen and oxygen atoms in total. The monoisotopic (exact) mass is 464 g/mol. The lowest BCUT2D eigenvalue weighted by Crippen LogP contribution is -2.33. The highest BCUT2D eigenvalue weighted by Crippen LogP contribution is 2.35. The zero-order valence-corrected chi connectivity index (χ0v) is 16.5. The van der Waals surface area contributed by atoms with E-state index in [-0.39, 0.29) is 16.8 Å². The molecule has 0 aliphatic carbocycles. The summed E-state index contributed by atoms with van der Waals surface area (Å²) in [4.78, 5) is 24.0. The van der Waals surface area contributed by atoms with Crippen molar-refractivity contribution in [2.45, 2.75) is 19.3 Å². The number of rotatable bonds is 5. The van der Waals surface area contributed by atoms with Gasteiger partial charge in [-0.2, -0.15) is 26.3 Å². The number of aryl methyl sites for hydroxylation is 1. The van der Waals surface area contributed by atoms with Crippen LogP contribution >= 0.6 is 11.6 Å². The Bertz CT molecular complexity index is 1020. The van der Waals surface area contributed by atoms with Crippen LogP contribution in [0, 0.1) is 6.92 Å². The standard InChI is InChI=1S/C20H15ClF6N2O2/c1-11-2-5-13(18(31)28-10-19(22,23)24)9-16(11)29-17(30)7-4-12-3-6-15(21)14(8-12)20(25,26)27/h2-9H,10H2,1H3,(H,28,31)(H,29,30)/b7-4-. The minimum absolute atomic E-state index is 0.0730. The first-order valence-corrected chi connectivity index (χ1v) is 8.95. The molecule has 31 heavy (non-hydrogen) atoms. The number of hydrogen-bond donors (Lipinski definition) is 2. The minimum Gasteiger partial charge on any atom is -0.343 e. The van der Waals surface area contributed by atoms with Crippen molar-refractivity contribution in [3.8, 4) is 0 Å². The number of nitrogens with one attached hydrogen (secondary N) is 2. The van der Waals surface area contributed by atoms with Gasteiger partial charge < -0.3 is 10.6 Å². The van der Waals surface area contributed by atoms with Gasteiger partial charge >= 0.3 is 12.4 Å². The van der Waals surface area contributed by atoms with Gasteiger partial charge in [-0.05, 0) is 48.4 Å². The normalized spacial score (nSPS) is 12.1. The molecule has 11 heteroatoms. The molecule has 166 valence electrons. The van der Waals surface area contributed by atoms with E-state index in [1.807, 2.05) is 0 Å². The molecular formula is C20H15ClF6N2O2. The maximum Gasteiger partial charge on any atom is 0.417 e.